The zero-order valence-corrected chi connectivity index (χ0v) is 7.80. The average molecular weight is 191 g/mol. The summed E-state index contributed by atoms with van der Waals surface area (Å²) in [7, 11) is 0. The molecule has 0 atom stereocenters. The molecule has 0 bridgehead atoms. The van der Waals surface area contributed by atoms with Gasteiger partial charge < -0.3 is 15.9 Å². The minimum atomic E-state index is -1.00. The fourth-order valence-corrected chi connectivity index (χ4v) is 0.798. The Labute approximate surface area is 77.4 Å². The maximum absolute atomic E-state index is 10.8. The summed E-state index contributed by atoms with van der Waals surface area (Å²) in [6, 6.07) is 0. The molecule has 0 radical (unpaired) electrons. The lowest BCUT2D eigenvalue weighted by Crippen LogP contribution is -2.28. The largest absolute Gasteiger partial charge is 0.480 e. The molecular weight excluding hydrogens is 174 g/mol. The van der Waals surface area contributed by atoms with Gasteiger partial charge in [0.15, 0.2) is 0 Å². The minimum absolute atomic E-state index is 0. The lowest BCUT2D eigenvalue weighted by atomic mass is 10.2. The van der Waals surface area contributed by atoms with Crippen molar-refractivity contribution < 1.29 is 20.2 Å². The summed E-state index contributed by atoms with van der Waals surface area (Å²) < 4.78 is 0. The zero-order chi connectivity index (χ0) is 9.40. The highest BCUT2D eigenvalue weighted by molar-refractivity contribution is 5.80. The van der Waals surface area contributed by atoms with Crippen LogP contribution < -0.4 is 5.32 Å². The van der Waals surface area contributed by atoms with Crippen LogP contribution >= 0.6 is 0 Å². The fraction of sp³-hybridized carbons (Fsp3) is 0.750. The molecule has 4 N–H and O–H groups in total. The molecule has 0 spiro atoms. The summed E-state index contributed by atoms with van der Waals surface area (Å²) in [5.41, 5.74) is 0. The van der Waals surface area contributed by atoms with Crippen LogP contribution in [0.3, 0.4) is 0 Å². The molecule has 13 heavy (non-hydrogen) atoms. The van der Waals surface area contributed by atoms with E-state index in [0.717, 1.165) is 19.3 Å². The van der Waals surface area contributed by atoms with Gasteiger partial charge in [0.2, 0.25) is 5.91 Å². The zero-order valence-electron chi connectivity index (χ0n) is 7.80. The number of aliphatic carboxylic acids is 1. The first kappa shape index (κ1) is 14.4. The van der Waals surface area contributed by atoms with E-state index >= 15 is 0 Å². The first-order valence-corrected chi connectivity index (χ1v) is 4.15. The predicted molar refractivity (Wildman–Crippen MR) is 48.4 cm³/mol. The van der Waals surface area contributed by atoms with E-state index in [0.29, 0.717) is 6.42 Å². The molecule has 0 rings (SSSR count). The van der Waals surface area contributed by atoms with Crippen molar-refractivity contribution in [3.05, 3.63) is 0 Å². The Hall–Kier alpha value is -1.10. The lowest BCUT2D eigenvalue weighted by Gasteiger charge is -2.00. The highest BCUT2D eigenvalue weighted by Crippen LogP contribution is 1.97. The number of carbonyl (C=O) groups excluding carboxylic acids is 1. The van der Waals surface area contributed by atoms with Crippen molar-refractivity contribution in [2.45, 2.75) is 32.6 Å². The van der Waals surface area contributed by atoms with E-state index in [1.165, 1.54) is 0 Å². The van der Waals surface area contributed by atoms with Crippen LogP contribution in [0.2, 0.25) is 0 Å². The van der Waals surface area contributed by atoms with Crippen LogP contribution in [-0.4, -0.2) is 29.0 Å². The Morgan fingerprint density at radius 3 is 2.38 bits per heavy atom. The number of unbranched alkanes of at least 4 members (excludes halogenated alkanes) is 2. The molecule has 0 aliphatic rings. The van der Waals surface area contributed by atoms with Gasteiger partial charge in [-0.25, -0.2) is 0 Å². The molecule has 78 valence electrons. The first-order valence-electron chi connectivity index (χ1n) is 4.15. The molecule has 1 amide bonds. The number of nitrogens with one attached hydrogen (secondary N) is 1. The second-order valence-electron chi connectivity index (χ2n) is 2.63. The smallest absolute Gasteiger partial charge is 0.322 e. The standard InChI is InChI=1S/C8H15NO3.H2O/c1-2-3-4-5-7(10)9-6-8(11)12;/h2-6H2,1H3,(H,9,10)(H,11,12);1H2. The molecule has 0 heterocycles. The highest BCUT2D eigenvalue weighted by atomic mass is 16.4. The van der Waals surface area contributed by atoms with E-state index in [1.54, 1.807) is 0 Å². The molecule has 0 aromatic rings. The second kappa shape index (κ2) is 8.99. The van der Waals surface area contributed by atoms with Crippen molar-refractivity contribution in [3.63, 3.8) is 0 Å². The number of carboxylic acids is 1. The monoisotopic (exact) mass is 191 g/mol. The second-order valence-corrected chi connectivity index (χ2v) is 2.63. The number of hydrogen-bond donors (Lipinski definition) is 2. The maximum Gasteiger partial charge on any atom is 0.322 e. The van der Waals surface area contributed by atoms with Crippen molar-refractivity contribution >= 4 is 11.9 Å². The summed E-state index contributed by atoms with van der Waals surface area (Å²) >= 11 is 0. The van der Waals surface area contributed by atoms with Gasteiger partial charge in [0.1, 0.15) is 6.54 Å². The molecule has 0 aliphatic carbocycles. The Kier molecular flexibility index (Phi) is 9.98. The average Bonchev–Trinajstić information content (AvgIpc) is 2.01. The molecule has 0 aliphatic heterocycles. The van der Waals surface area contributed by atoms with E-state index in [4.69, 9.17) is 5.11 Å². The number of rotatable bonds is 6. The van der Waals surface area contributed by atoms with Crippen molar-refractivity contribution in [1.29, 1.82) is 0 Å². The van der Waals surface area contributed by atoms with Crippen LogP contribution in [0.1, 0.15) is 32.6 Å². The van der Waals surface area contributed by atoms with Crippen molar-refractivity contribution in [3.8, 4) is 0 Å². The van der Waals surface area contributed by atoms with E-state index in [9.17, 15) is 9.59 Å². The van der Waals surface area contributed by atoms with Gasteiger partial charge in [-0.2, -0.15) is 0 Å². The third-order valence-corrected chi connectivity index (χ3v) is 1.44. The number of hydrogen-bond acceptors (Lipinski definition) is 2. The normalized spacial score (nSPS) is 8.69. The van der Waals surface area contributed by atoms with Crippen LogP contribution in [0.5, 0.6) is 0 Å². The Morgan fingerprint density at radius 2 is 1.92 bits per heavy atom. The number of carboxylic acid groups (broad SMARTS) is 1. The molecule has 0 aromatic carbocycles. The Morgan fingerprint density at radius 1 is 1.31 bits per heavy atom. The van der Waals surface area contributed by atoms with Crippen molar-refractivity contribution in [1.82, 2.24) is 5.32 Å². The SMILES string of the molecule is CCCCCC(=O)NCC(=O)O.O. The van der Waals surface area contributed by atoms with Crippen molar-refractivity contribution in [2.24, 2.45) is 0 Å². The first-order chi connectivity index (χ1) is 5.66. The molecular formula is C8H17NO4. The number of amides is 1. The van der Waals surface area contributed by atoms with Gasteiger partial charge in [-0.05, 0) is 6.42 Å². The predicted octanol–water partition coefficient (Wildman–Crippen LogP) is -0.0572. The Bertz CT molecular complexity index is 158. The fourth-order valence-electron chi connectivity index (χ4n) is 0.798. The summed E-state index contributed by atoms with van der Waals surface area (Å²) in [6.07, 6.45) is 3.34. The molecule has 0 unspecified atom stereocenters. The summed E-state index contributed by atoms with van der Waals surface area (Å²) in [6.45, 7) is 1.78. The van der Waals surface area contributed by atoms with E-state index < -0.39 is 5.97 Å². The van der Waals surface area contributed by atoms with E-state index in [-0.39, 0.29) is 17.9 Å². The third kappa shape index (κ3) is 10.9. The van der Waals surface area contributed by atoms with Gasteiger partial charge in [0.25, 0.3) is 0 Å². The van der Waals surface area contributed by atoms with E-state index in [1.807, 2.05) is 0 Å². The molecule has 0 saturated heterocycles. The third-order valence-electron chi connectivity index (χ3n) is 1.44. The summed E-state index contributed by atoms with van der Waals surface area (Å²) in [4.78, 5) is 20.9. The lowest BCUT2D eigenvalue weighted by molar-refractivity contribution is -0.137. The summed E-state index contributed by atoms with van der Waals surface area (Å²) in [5.74, 6) is -1.18. The highest BCUT2D eigenvalue weighted by Gasteiger charge is 2.02. The number of carbonyl (C=O) groups is 2. The van der Waals surface area contributed by atoms with Crippen LogP contribution in [0.25, 0.3) is 0 Å². The van der Waals surface area contributed by atoms with Crippen LogP contribution in [0.4, 0.5) is 0 Å². The van der Waals surface area contributed by atoms with Gasteiger partial charge in [-0.15, -0.1) is 0 Å². The van der Waals surface area contributed by atoms with Gasteiger partial charge in [-0.3, -0.25) is 9.59 Å². The maximum atomic E-state index is 10.8. The van der Waals surface area contributed by atoms with Gasteiger partial charge >= 0.3 is 5.97 Å². The van der Waals surface area contributed by atoms with Gasteiger partial charge in [0, 0.05) is 6.42 Å². The minimum Gasteiger partial charge on any atom is -0.480 e. The quantitative estimate of drug-likeness (QED) is 0.575. The Balaban J connectivity index is 0. The molecule has 5 heteroatoms. The van der Waals surface area contributed by atoms with E-state index in [2.05, 4.69) is 12.2 Å². The van der Waals surface area contributed by atoms with Gasteiger partial charge in [0.05, 0.1) is 0 Å². The van der Waals surface area contributed by atoms with Crippen molar-refractivity contribution in [2.75, 3.05) is 6.54 Å². The van der Waals surface area contributed by atoms with Crippen LogP contribution in [0, 0.1) is 0 Å². The molecule has 5 nitrogen and oxygen atoms in total. The summed E-state index contributed by atoms with van der Waals surface area (Å²) in [5, 5.41) is 10.5. The molecule has 0 fully saturated rings. The molecule has 0 saturated carbocycles. The van der Waals surface area contributed by atoms with Gasteiger partial charge in [-0.1, -0.05) is 19.8 Å². The van der Waals surface area contributed by atoms with Crippen LogP contribution in [-0.2, 0) is 9.59 Å². The van der Waals surface area contributed by atoms with Crippen LogP contribution in [0.15, 0.2) is 0 Å². The topological polar surface area (TPSA) is 97.9 Å². The molecule has 0 aromatic heterocycles.